The van der Waals surface area contributed by atoms with Crippen LogP contribution in [0.1, 0.15) is 32.8 Å². The summed E-state index contributed by atoms with van der Waals surface area (Å²) in [5, 5.41) is 13.9. The number of Topliss-reactive ketones (excluding diaryl/α,β-unsaturated/α-hetero) is 3. The van der Waals surface area contributed by atoms with E-state index in [9.17, 15) is 24.5 Å². The van der Waals surface area contributed by atoms with Gasteiger partial charge in [-0.2, -0.15) is 0 Å². The molecule has 0 aromatic carbocycles. The van der Waals surface area contributed by atoms with Gasteiger partial charge in [0.15, 0.2) is 5.78 Å². The van der Waals surface area contributed by atoms with E-state index in [-0.39, 0.29) is 49.6 Å². The van der Waals surface area contributed by atoms with Crippen LogP contribution in [0, 0.1) is 15.5 Å². The number of ether oxygens (including phenoxy) is 1. The van der Waals surface area contributed by atoms with Crippen molar-refractivity contribution in [3.8, 4) is 0 Å². The molecular formula is C20H15Br2N3O6. The van der Waals surface area contributed by atoms with E-state index in [2.05, 4.69) is 37.2 Å². The molecule has 0 fully saturated rings. The summed E-state index contributed by atoms with van der Waals surface area (Å²) in [6, 6.07) is 0. The molecule has 11 heteroatoms. The quantitative estimate of drug-likeness (QED) is 0.450. The molecule has 160 valence electrons. The second-order valence-corrected chi connectivity index (χ2v) is 8.94. The molecular weight excluding hydrogens is 538 g/mol. The van der Waals surface area contributed by atoms with Crippen molar-refractivity contribution in [1.29, 1.82) is 0 Å². The Morgan fingerprint density at radius 3 is 2.52 bits per heavy atom. The molecule has 0 saturated heterocycles. The second kappa shape index (κ2) is 7.81. The van der Waals surface area contributed by atoms with E-state index in [1.807, 2.05) is 0 Å². The lowest BCUT2D eigenvalue weighted by Crippen LogP contribution is -2.44. The molecule has 9 nitrogen and oxygen atoms in total. The van der Waals surface area contributed by atoms with Crippen LogP contribution in [0.2, 0.25) is 0 Å². The van der Waals surface area contributed by atoms with Crippen molar-refractivity contribution in [2.24, 2.45) is 5.41 Å². The molecule has 2 heterocycles. The van der Waals surface area contributed by atoms with E-state index in [1.165, 1.54) is 23.9 Å². The highest BCUT2D eigenvalue weighted by molar-refractivity contribution is 9.13. The van der Waals surface area contributed by atoms with Crippen molar-refractivity contribution < 1.29 is 24.0 Å². The van der Waals surface area contributed by atoms with Crippen LogP contribution in [0.5, 0.6) is 0 Å². The average molecular weight is 553 g/mol. The number of halogens is 2. The molecule has 2 aliphatic carbocycles. The number of rotatable bonds is 4. The first-order valence-corrected chi connectivity index (χ1v) is 10.7. The summed E-state index contributed by atoms with van der Waals surface area (Å²) in [6.07, 6.45) is 7.12. The topological polar surface area (TPSA) is 121 Å². The predicted octanol–water partition coefficient (Wildman–Crippen LogP) is 3.09. The number of hydrogen-bond acceptors (Lipinski definition) is 7. The van der Waals surface area contributed by atoms with Gasteiger partial charge in [0.2, 0.25) is 17.8 Å². The summed E-state index contributed by atoms with van der Waals surface area (Å²) in [4.78, 5) is 49.7. The Balaban J connectivity index is 1.96. The van der Waals surface area contributed by atoms with Crippen LogP contribution in [0.4, 0.5) is 0 Å². The molecule has 3 aliphatic rings. The van der Waals surface area contributed by atoms with Gasteiger partial charge in [0, 0.05) is 42.5 Å². The molecule has 0 saturated carbocycles. The van der Waals surface area contributed by atoms with Crippen molar-refractivity contribution in [1.82, 2.24) is 9.88 Å². The molecule has 1 aromatic heterocycles. The first-order chi connectivity index (χ1) is 14.7. The van der Waals surface area contributed by atoms with Gasteiger partial charge < -0.3 is 14.6 Å². The van der Waals surface area contributed by atoms with Crippen LogP contribution in [0.25, 0.3) is 6.08 Å². The Morgan fingerprint density at radius 2 is 1.90 bits per heavy atom. The van der Waals surface area contributed by atoms with Gasteiger partial charge >= 0.3 is 0 Å². The molecule has 1 aliphatic heterocycles. The highest BCUT2D eigenvalue weighted by atomic mass is 79.9. The number of fused-ring (bicyclic) bond motifs is 2. The number of carbonyl (C=O) groups excluding carboxylic acids is 3. The van der Waals surface area contributed by atoms with E-state index in [0.29, 0.717) is 13.0 Å². The van der Waals surface area contributed by atoms with Crippen molar-refractivity contribution in [3.05, 3.63) is 71.7 Å². The van der Waals surface area contributed by atoms with E-state index in [1.54, 1.807) is 12.2 Å². The molecule has 1 spiro atoms. The highest BCUT2D eigenvalue weighted by Gasteiger charge is 2.49. The molecule has 0 unspecified atom stereocenters. The Kier molecular flexibility index (Phi) is 5.44. The zero-order valence-corrected chi connectivity index (χ0v) is 19.3. The monoisotopic (exact) mass is 551 g/mol. The van der Waals surface area contributed by atoms with E-state index in [0.717, 1.165) is 6.20 Å². The minimum absolute atomic E-state index is 0.00713. The molecule has 4 rings (SSSR count). The maximum absolute atomic E-state index is 13.8. The summed E-state index contributed by atoms with van der Waals surface area (Å²) in [5.41, 5.74) is -0.184. The summed E-state index contributed by atoms with van der Waals surface area (Å²) in [6.45, 7) is 0.404. The van der Waals surface area contributed by atoms with Crippen LogP contribution in [-0.2, 0) is 16.3 Å². The SMILES string of the molecule is COCn1cc(/C=C/[N+](=O)[O-])c2c1C(=O)C1=C(C2=O)C2(C=C(Br)C(=O)C(Br)=C2)CCN1. The van der Waals surface area contributed by atoms with Crippen LogP contribution < -0.4 is 5.32 Å². The Bertz CT molecular complexity index is 1170. The molecule has 0 atom stereocenters. The third kappa shape index (κ3) is 3.36. The van der Waals surface area contributed by atoms with Crippen molar-refractivity contribution in [2.75, 3.05) is 13.7 Å². The Morgan fingerprint density at radius 1 is 1.23 bits per heavy atom. The third-order valence-electron chi connectivity index (χ3n) is 5.41. The fourth-order valence-corrected chi connectivity index (χ4v) is 5.71. The molecule has 1 N–H and O–H groups in total. The maximum Gasteiger partial charge on any atom is 0.235 e. The lowest BCUT2D eigenvalue weighted by molar-refractivity contribution is -0.400. The largest absolute Gasteiger partial charge is 0.381 e. The molecule has 1 aromatic rings. The minimum Gasteiger partial charge on any atom is -0.381 e. The summed E-state index contributed by atoms with van der Waals surface area (Å²) < 4.78 is 7.17. The Hall–Kier alpha value is -2.63. The van der Waals surface area contributed by atoms with E-state index < -0.39 is 21.9 Å². The van der Waals surface area contributed by atoms with Gasteiger partial charge in [-0.15, -0.1) is 0 Å². The second-order valence-electron chi connectivity index (χ2n) is 7.24. The van der Waals surface area contributed by atoms with Crippen LogP contribution in [-0.4, -0.2) is 40.5 Å². The number of carbonyl (C=O) groups is 3. The van der Waals surface area contributed by atoms with Gasteiger partial charge in [0.25, 0.3) is 0 Å². The molecule has 31 heavy (non-hydrogen) atoms. The number of aromatic nitrogens is 1. The van der Waals surface area contributed by atoms with Gasteiger partial charge in [0.1, 0.15) is 12.4 Å². The van der Waals surface area contributed by atoms with E-state index in [4.69, 9.17) is 4.74 Å². The van der Waals surface area contributed by atoms with Crippen molar-refractivity contribution in [2.45, 2.75) is 13.2 Å². The van der Waals surface area contributed by atoms with Crippen LogP contribution in [0.3, 0.4) is 0 Å². The van der Waals surface area contributed by atoms with Crippen molar-refractivity contribution in [3.63, 3.8) is 0 Å². The number of hydrogen-bond donors (Lipinski definition) is 1. The first kappa shape index (κ1) is 21.6. The molecule has 0 radical (unpaired) electrons. The fourth-order valence-electron chi connectivity index (χ4n) is 4.20. The zero-order chi connectivity index (χ0) is 22.5. The van der Waals surface area contributed by atoms with Crippen molar-refractivity contribution >= 4 is 55.3 Å². The summed E-state index contributed by atoms with van der Waals surface area (Å²) in [5.74, 6) is -1.10. The molecule has 0 bridgehead atoms. The predicted molar refractivity (Wildman–Crippen MR) is 117 cm³/mol. The first-order valence-electron chi connectivity index (χ1n) is 9.13. The van der Waals surface area contributed by atoms with Gasteiger partial charge in [-0.05, 0) is 38.3 Å². The number of methoxy groups -OCH3 is 1. The van der Waals surface area contributed by atoms with Gasteiger partial charge in [-0.3, -0.25) is 24.5 Å². The van der Waals surface area contributed by atoms with Crippen LogP contribution in [0.15, 0.2) is 44.8 Å². The lowest BCUT2D eigenvalue weighted by atomic mass is 9.67. The smallest absolute Gasteiger partial charge is 0.235 e. The molecule has 0 amide bonds. The number of ketones is 3. The number of nitrogens with one attached hydrogen (secondary N) is 1. The zero-order valence-electron chi connectivity index (χ0n) is 16.1. The fraction of sp³-hybridized carbons (Fsp3) is 0.250. The standard InChI is InChI=1S/C20H15Br2N3O6/c1-31-9-24-8-10(2-5-25(29)30)13-16(24)19(28)15-14(18(13)27)20(3-4-23-15)6-11(21)17(26)12(22)7-20/h2,5-8,23H,3-4,9H2,1H3/b5-2+. The Labute approximate surface area is 192 Å². The summed E-state index contributed by atoms with van der Waals surface area (Å²) in [7, 11) is 1.44. The average Bonchev–Trinajstić information content (AvgIpc) is 3.07. The van der Waals surface area contributed by atoms with Gasteiger partial charge in [-0.1, -0.05) is 12.2 Å². The minimum atomic E-state index is -0.982. The van der Waals surface area contributed by atoms with Gasteiger partial charge in [-0.25, -0.2) is 0 Å². The maximum atomic E-state index is 13.8. The normalized spacial score (nSPS) is 19.9. The number of nitro groups is 1. The summed E-state index contributed by atoms with van der Waals surface area (Å²) >= 11 is 6.53. The number of nitrogens with zero attached hydrogens (tertiary/aromatic N) is 2. The van der Waals surface area contributed by atoms with E-state index >= 15 is 0 Å². The third-order valence-corrected chi connectivity index (χ3v) is 6.58. The van der Waals surface area contributed by atoms with Crippen LogP contribution >= 0.6 is 31.9 Å². The highest BCUT2D eigenvalue weighted by Crippen LogP contribution is 2.49. The number of allylic oxidation sites excluding steroid dienone is 6. The van der Waals surface area contributed by atoms with Gasteiger partial charge in [0.05, 0.1) is 25.1 Å². The lowest BCUT2D eigenvalue weighted by Gasteiger charge is -2.39.